The Balaban J connectivity index is 2.35. The molecule has 0 aliphatic heterocycles. The van der Waals surface area contributed by atoms with Crippen LogP contribution in [0.3, 0.4) is 0 Å². The SMILES string of the molecule is CCCCCSC1C(C)CC(C)CC1NC. The lowest BCUT2D eigenvalue weighted by Crippen LogP contribution is -2.45. The zero-order chi connectivity index (χ0) is 12.0. The average Bonchev–Trinajstić information content (AvgIpc) is 2.26. The molecule has 4 atom stereocenters. The van der Waals surface area contributed by atoms with Gasteiger partial charge in [0.25, 0.3) is 0 Å². The van der Waals surface area contributed by atoms with Crippen molar-refractivity contribution in [3.63, 3.8) is 0 Å². The Morgan fingerprint density at radius 2 is 1.94 bits per heavy atom. The van der Waals surface area contributed by atoms with E-state index in [0.717, 1.165) is 23.1 Å². The first-order valence-corrected chi connectivity index (χ1v) is 8.02. The van der Waals surface area contributed by atoms with Crippen LogP contribution in [0.5, 0.6) is 0 Å². The van der Waals surface area contributed by atoms with Gasteiger partial charge in [0, 0.05) is 11.3 Å². The minimum Gasteiger partial charge on any atom is -0.316 e. The Morgan fingerprint density at radius 1 is 1.19 bits per heavy atom. The standard InChI is InChI=1S/C14H29NS/c1-5-6-7-8-16-14-12(3)9-11(2)10-13(14)15-4/h11-15H,5-10H2,1-4H3. The van der Waals surface area contributed by atoms with Crippen LogP contribution in [0.4, 0.5) is 0 Å². The van der Waals surface area contributed by atoms with E-state index in [-0.39, 0.29) is 0 Å². The van der Waals surface area contributed by atoms with E-state index in [1.807, 2.05) is 0 Å². The Kier molecular flexibility index (Phi) is 6.83. The fraction of sp³-hybridized carbons (Fsp3) is 1.00. The summed E-state index contributed by atoms with van der Waals surface area (Å²) in [5.41, 5.74) is 0. The number of hydrogen-bond donors (Lipinski definition) is 1. The highest BCUT2D eigenvalue weighted by Crippen LogP contribution is 2.36. The molecular weight excluding hydrogens is 214 g/mol. The van der Waals surface area contributed by atoms with Crippen LogP contribution in [-0.2, 0) is 0 Å². The van der Waals surface area contributed by atoms with Crippen molar-refractivity contribution in [3.05, 3.63) is 0 Å². The number of nitrogens with one attached hydrogen (secondary N) is 1. The van der Waals surface area contributed by atoms with Gasteiger partial charge in [0.2, 0.25) is 0 Å². The van der Waals surface area contributed by atoms with E-state index >= 15 is 0 Å². The molecule has 4 unspecified atom stereocenters. The summed E-state index contributed by atoms with van der Waals surface area (Å²) in [5.74, 6) is 3.14. The third-order valence-corrected chi connectivity index (χ3v) is 5.52. The van der Waals surface area contributed by atoms with Crippen LogP contribution in [0.25, 0.3) is 0 Å². The van der Waals surface area contributed by atoms with E-state index in [1.54, 1.807) is 0 Å². The van der Waals surface area contributed by atoms with Crippen LogP contribution in [0.15, 0.2) is 0 Å². The minimum atomic E-state index is 0.741. The van der Waals surface area contributed by atoms with E-state index in [0.29, 0.717) is 0 Å². The molecule has 16 heavy (non-hydrogen) atoms. The second kappa shape index (κ2) is 7.60. The summed E-state index contributed by atoms with van der Waals surface area (Å²) in [4.78, 5) is 0. The molecular formula is C14H29NS. The van der Waals surface area contributed by atoms with Gasteiger partial charge in [0.05, 0.1) is 0 Å². The molecule has 1 saturated carbocycles. The topological polar surface area (TPSA) is 12.0 Å². The van der Waals surface area contributed by atoms with Crippen LogP contribution in [0, 0.1) is 11.8 Å². The molecule has 0 radical (unpaired) electrons. The molecule has 1 N–H and O–H groups in total. The Bertz CT molecular complexity index is 184. The van der Waals surface area contributed by atoms with Gasteiger partial charge in [-0.15, -0.1) is 0 Å². The van der Waals surface area contributed by atoms with Crippen molar-refractivity contribution in [1.82, 2.24) is 5.32 Å². The molecule has 0 heterocycles. The minimum absolute atomic E-state index is 0.741. The van der Waals surface area contributed by atoms with E-state index in [9.17, 15) is 0 Å². The molecule has 0 saturated heterocycles. The predicted molar refractivity (Wildman–Crippen MR) is 76.2 cm³/mol. The summed E-state index contributed by atoms with van der Waals surface area (Å²) in [5, 5.41) is 4.38. The molecule has 1 aliphatic rings. The molecule has 0 aromatic heterocycles. The zero-order valence-corrected chi connectivity index (χ0v) is 12.3. The van der Waals surface area contributed by atoms with Crippen molar-refractivity contribution in [2.45, 2.75) is 64.2 Å². The fourth-order valence-electron chi connectivity index (χ4n) is 2.96. The molecule has 2 heteroatoms. The summed E-state index contributed by atoms with van der Waals surface area (Å²) in [6.07, 6.45) is 6.92. The number of thioether (sulfide) groups is 1. The quantitative estimate of drug-likeness (QED) is 0.709. The summed E-state index contributed by atoms with van der Waals surface area (Å²) < 4.78 is 0. The molecule has 1 nitrogen and oxygen atoms in total. The largest absolute Gasteiger partial charge is 0.316 e. The molecule has 1 rings (SSSR count). The highest BCUT2D eigenvalue weighted by atomic mass is 32.2. The smallest absolute Gasteiger partial charge is 0.0226 e. The van der Waals surface area contributed by atoms with E-state index < -0.39 is 0 Å². The first-order chi connectivity index (χ1) is 7.69. The summed E-state index contributed by atoms with van der Waals surface area (Å²) in [6.45, 7) is 7.13. The second-order valence-corrected chi connectivity index (χ2v) is 6.78. The third kappa shape index (κ3) is 4.29. The van der Waals surface area contributed by atoms with Crippen LogP contribution >= 0.6 is 11.8 Å². The Labute approximate surface area is 106 Å². The first-order valence-electron chi connectivity index (χ1n) is 6.97. The maximum atomic E-state index is 3.53. The van der Waals surface area contributed by atoms with Gasteiger partial charge in [-0.3, -0.25) is 0 Å². The molecule has 0 aromatic carbocycles. The maximum Gasteiger partial charge on any atom is 0.0226 e. The maximum absolute atomic E-state index is 3.53. The van der Waals surface area contributed by atoms with Gasteiger partial charge < -0.3 is 5.32 Å². The predicted octanol–water partition coefficient (Wildman–Crippen LogP) is 3.93. The molecule has 1 aliphatic carbocycles. The summed E-state index contributed by atoms with van der Waals surface area (Å²) in [7, 11) is 2.13. The van der Waals surface area contributed by atoms with Crippen molar-refractivity contribution in [2.24, 2.45) is 11.8 Å². The summed E-state index contributed by atoms with van der Waals surface area (Å²) >= 11 is 2.22. The lowest BCUT2D eigenvalue weighted by Gasteiger charge is -2.39. The molecule has 0 amide bonds. The lowest BCUT2D eigenvalue weighted by molar-refractivity contribution is 0.257. The highest BCUT2D eigenvalue weighted by molar-refractivity contribution is 7.99. The lowest BCUT2D eigenvalue weighted by atomic mass is 9.80. The van der Waals surface area contributed by atoms with Crippen LogP contribution < -0.4 is 5.32 Å². The fourth-order valence-corrected chi connectivity index (χ4v) is 4.53. The van der Waals surface area contributed by atoms with Crippen molar-refractivity contribution < 1.29 is 0 Å². The van der Waals surface area contributed by atoms with Crippen LogP contribution in [0.2, 0.25) is 0 Å². The number of hydrogen-bond acceptors (Lipinski definition) is 2. The molecule has 96 valence electrons. The van der Waals surface area contributed by atoms with Gasteiger partial charge in [0.1, 0.15) is 0 Å². The molecule has 0 aromatic rings. The number of rotatable bonds is 6. The van der Waals surface area contributed by atoms with Crippen molar-refractivity contribution in [3.8, 4) is 0 Å². The molecule has 1 fully saturated rings. The second-order valence-electron chi connectivity index (χ2n) is 5.49. The van der Waals surface area contributed by atoms with E-state index in [4.69, 9.17) is 0 Å². The summed E-state index contributed by atoms with van der Waals surface area (Å²) in [6, 6.07) is 0.741. The Morgan fingerprint density at radius 3 is 2.56 bits per heavy atom. The van der Waals surface area contributed by atoms with Crippen LogP contribution in [0.1, 0.15) is 52.9 Å². The van der Waals surface area contributed by atoms with E-state index in [1.165, 1.54) is 37.9 Å². The Hall–Kier alpha value is 0.310. The van der Waals surface area contributed by atoms with Gasteiger partial charge in [0.15, 0.2) is 0 Å². The molecule has 0 bridgehead atoms. The van der Waals surface area contributed by atoms with Crippen molar-refractivity contribution in [1.29, 1.82) is 0 Å². The normalized spacial score (nSPS) is 35.2. The van der Waals surface area contributed by atoms with Gasteiger partial charge in [-0.25, -0.2) is 0 Å². The van der Waals surface area contributed by atoms with Crippen molar-refractivity contribution in [2.75, 3.05) is 12.8 Å². The third-order valence-electron chi connectivity index (χ3n) is 3.82. The number of unbranched alkanes of at least 4 members (excludes halogenated alkanes) is 2. The zero-order valence-electron chi connectivity index (χ0n) is 11.5. The van der Waals surface area contributed by atoms with Gasteiger partial charge in [-0.2, -0.15) is 11.8 Å². The van der Waals surface area contributed by atoms with Gasteiger partial charge >= 0.3 is 0 Å². The molecule has 0 spiro atoms. The van der Waals surface area contributed by atoms with Gasteiger partial charge in [-0.05, 0) is 43.9 Å². The average molecular weight is 243 g/mol. The van der Waals surface area contributed by atoms with Gasteiger partial charge in [-0.1, -0.05) is 33.6 Å². The van der Waals surface area contributed by atoms with Crippen molar-refractivity contribution >= 4 is 11.8 Å². The van der Waals surface area contributed by atoms with E-state index in [2.05, 4.69) is 44.9 Å². The first kappa shape index (κ1) is 14.4. The monoisotopic (exact) mass is 243 g/mol. The van der Waals surface area contributed by atoms with Crippen LogP contribution in [-0.4, -0.2) is 24.1 Å². The highest BCUT2D eigenvalue weighted by Gasteiger charge is 2.32.